The molecule has 0 aliphatic carbocycles. The largest absolute Gasteiger partial charge is 0.300 e. The van der Waals surface area contributed by atoms with Gasteiger partial charge in [0.15, 0.2) is 0 Å². The second kappa shape index (κ2) is 10.5. The molecule has 4 heteroatoms. The summed E-state index contributed by atoms with van der Waals surface area (Å²) in [6, 6.07) is 17.6. The molecule has 0 bridgehead atoms. The topological polar surface area (TPSA) is 53.2 Å². The third-order valence-electron chi connectivity index (χ3n) is 5.66. The first-order valence-corrected chi connectivity index (χ1v) is 10.7. The van der Waals surface area contributed by atoms with E-state index in [0.29, 0.717) is 12.2 Å². The predicted octanol–water partition coefficient (Wildman–Crippen LogP) is 4.73. The number of hydrogen-bond donors (Lipinski definition) is 3. The molecular formula is C24H33N3O. The van der Waals surface area contributed by atoms with Gasteiger partial charge in [-0.1, -0.05) is 68.8 Å². The molecule has 2 aromatic rings. The molecule has 0 spiro atoms. The zero-order chi connectivity index (χ0) is 19.8. The molecule has 1 fully saturated rings. The normalized spacial score (nSPS) is 19.1. The molecule has 1 saturated heterocycles. The summed E-state index contributed by atoms with van der Waals surface area (Å²) in [5.74, 6) is 0.399. The van der Waals surface area contributed by atoms with Crippen LogP contribution in [0.5, 0.6) is 0 Å². The minimum atomic E-state index is 0.152. The molecule has 1 heterocycles. The van der Waals surface area contributed by atoms with Gasteiger partial charge in [-0.3, -0.25) is 4.79 Å². The van der Waals surface area contributed by atoms with E-state index in [4.69, 9.17) is 0 Å². The van der Waals surface area contributed by atoms with Crippen molar-refractivity contribution in [3.63, 3.8) is 0 Å². The van der Waals surface area contributed by atoms with Crippen LogP contribution in [0.15, 0.2) is 48.5 Å². The van der Waals surface area contributed by atoms with Crippen molar-refractivity contribution in [3.8, 4) is 0 Å². The van der Waals surface area contributed by atoms with E-state index in [-0.39, 0.29) is 12.1 Å². The van der Waals surface area contributed by atoms with Crippen LogP contribution in [0.1, 0.15) is 80.3 Å². The molecule has 0 amide bonds. The fraction of sp³-hybridized carbons (Fsp3) is 0.458. The fourth-order valence-electron chi connectivity index (χ4n) is 4.08. The average molecular weight is 380 g/mol. The van der Waals surface area contributed by atoms with Gasteiger partial charge in [0, 0.05) is 12.8 Å². The summed E-state index contributed by atoms with van der Waals surface area (Å²) >= 11 is 0. The average Bonchev–Trinajstić information content (AvgIpc) is 3.22. The molecule has 2 atom stereocenters. The molecule has 3 rings (SSSR count). The molecule has 28 heavy (non-hydrogen) atoms. The van der Waals surface area contributed by atoms with Crippen LogP contribution in [0.3, 0.4) is 0 Å². The zero-order valence-corrected chi connectivity index (χ0v) is 17.1. The summed E-state index contributed by atoms with van der Waals surface area (Å²) in [6.07, 6.45) is 6.39. The zero-order valence-electron chi connectivity index (χ0n) is 17.1. The highest BCUT2D eigenvalue weighted by atomic mass is 16.1. The maximum atomic E-state index is 12.0. The molecule has 1 aliphatic rings. The summed E-state index contributed by atoms with van der Waals surface area (Å²) in [5, 5.41) is 0. The maximum Gasteiger partial charge on any atom is 0.132 e. The van der Waals surface area contributed by atoms with Gasteiger partial charge in [-0.25, -0.2) is 10.9 Å². The van der Waals surface area contributed by atoms with Gasteiger partial charge >= 0.3 is 0 Å². The van der Waals surface area contributed by atoms with Gasteiger partial charge in [0.2, 0.25) is 0 Å². The Morgan fingerprint density at radius 2 is 1.39 bits per heavy atom. The number of aryl methyl sites for hydroxylation is 2. The van der Waals surface area contributed by atoms with E-state index in [1.54, 1.807) is 0 Å². The number of unbranched alkanes of at least 4 members (excludes halogenated alkanes) is 1. The number of hydrogen-bond acceptors (Lipinski definition) is 4. The second-order valence-electron chi connectivity index (χ2n) is 7.62. The van der Waals surface area contributed by atoms with Crippen molar-refractivity contribution >= 4 is 5.78 Å². The van der Waals surface area contributed by atoms with Crippen molar-refractivity contribution in [1.29, 1.82) is 0 Å². The van der Waals surface area contributed by atoms with Crippen molar-refractivity contribution in [3.05, 3.63) is 70.8 Å². The molecule has 1 aliphatic heterocycles. The van der Waals surface area contributed by atoms with Crippen LogP contribution in [-0.2, 0) is 17.6 Å². The van der Waals surface area contributed by atoms with E-state index in [2.05, 4.69) is 78.8 Å². The van der Waals surface area contributed by atoms with Gasteiger partial charge in [0.1, 0.15) is 5.78 Å². The molecule has 0 saturated carbocycles. The van der Waals surface area contributed by atoms with Gasteiger partial charge in [0.05, 0.1) is 12.1 Å². The highest BCUT2D eigenvalue weighted by Gasteiger charge is 2.31. The molecular weight excluding hydrogens is 346 g/mol. The Hall–Kier alpha value is -2.01. The van der Waals surface area contributed by atoms with Gasteiger partial charge in [-0.2, -0.15) is 5.53 Å². The highest BCUT2D eigenvalue weighted by molar-refractivity contribution is 5.78. The Kier molecular flexibility index (Phi) is 7.78. The second-order valence-corrected chi connectivity index (χ2v) is 7.62. The number of benzene rings is 2. The van der Waals surface area contributed by atoms with E-state index in [0.717, 1.165) is 38.5 Å². The molecule has 150 valence electrons. The fourth-order valence-corrected chi connectivity index (χ4v) is 4.08. The lowest BCUT2D eigenvalue weighted by Gasteiger charge is -2.23. The van der Waals surface area contributed by atoms with E-state index >= 15 is 0 Å². The SMILES string of the molecule is CCCCC(=O)CCCc1ccccc1C1NNNC1c1ccccc1CC. The predicted molar refractivity (Wildman–Crippen MR) is 115 cm³/mol. The first-order chi connectivity index (χ1) is 13.7. The minimum Gasteiger partial charge on any atom is -0.300 e. The molecule has 4 nitrogen and oxygen atoms in total. The molecule has 3 N–H and O–H groups in total. The Labute approximate surface area is 169 Å². The number of carbonyl (C=O) groups excluding carboxylic acids is 1. The molecule has 2 aromatic carbocycles. The third kappa shape index (κ3) is 5.07. The Bertz CT molecular complexity index is 774. The van der Waals surface area contributed by atoms with Crippen LogP contribution in [0.4, 0.5) is 0 Å². The standard InChI is InChI=1S/C24H33N3O/c1-3-5-14-20(28)15-10-13-19-12-7-9-17-22(19)24-23(25-27-26-24)21-16-8-6-11-18(21)4-2/h6-9,11-12,16-17,23-27H,3-5,10,13-15H2,1-2H3. The number of Topliss-reactive ketones (excluding diaryl/α,β-unsaturated/α-hetero) is 1. The lowest BCUT2D eigenvalue weighted by molar-refractivity contribution is -0.119. The van der Waals surface area contributed by atoms with Crippen LogP contribution >= 0.6 is 0 Å². The van der Waals surface area contributed by atoms with Gasteiger partial charge in [0.25, 0.3) is 0 Å². The quantitative estimate of drug-likeness (QED) is 0.559. The van der Waals surface area contributed by atoms with Crippen LogP contribution in [0, 0.1) is 0 Å². The molecule has 0 aromatic heterocycles. The molecule has 0 radical (unpaired) electrons. The Morgan fingerprint density at radius 1 is 0.821 bits per heavy atom. The number of nitrogens with one attached hydrogen (secondary N) is 3. The first-order valence-electron chi connectivity index (χ1n) is 10.7. The van der Waals surface area contributed by atoms with Crippen LogP contribution in [0.25, 0.3) is 0 Å². The van der Waals surface area contributed by atoms with Crippen LogP contribution in [-0.4, -0.2) is 5.78 Å². The van der Waals surface area contributed by atoms with E-state index in [9.17, 15) is 4.79 Å². The van der Waals surface area contributed by atoms with Gasteiger partial charge in [-0.05, 0) is 47.9 Å². The summed E-state index contributed by atoms with van der Waals surface area (Å²) in [6.45, 7) is 4.33. The lowest BCUT2D eigenvalue weighted by atomic mass is 9.87. The monoisotopic (exact) mass is 379 g/mol. The highest BCUT2D eigenvalue weighted by Crippen LogP contribution is 2.34. The lowest BCUT2D eigenvalue weighted by Crippen LogP contribution is -2.31. The number of hydrazine groups is 2. The van der Waals surface area contributed by atoms with Crippen molar-refractivity contribution in [2.45, 2.75) is 70.9 Å². The molecule has 2 unspecified atom stereocenters. The first kappa shape index (κ1) is 20.7. The van der Waals surface area contributed by atoms with Gasteiger partial charge in [-0.15, -0.1) is 0 Å². The van der Waals surface area contributed by atoms with E-state index < -0.39 is 0 Å². The van der Waals surface area contributed by atoms with Crippen LogP contribution in [0.2, 0.25) is 0 Å². The Morgan fingerprint density at radius 3 is 2.04 bits per heavy atom. The van der Waals surface area contributed by atoms with Crippen LogP contribution < -0.4 is 16.4 Å². The summed E-state index contributed by atoms with van der Waals surface area (Å²) in [7, 11) is 0. The van der Waals surface area contributed by atoms with Crippen molar-refractivity contribution in [1.82, 2.24) is 16.4 Å². The minimum absolute atomic E-state index is 0.152. The van der Waals surface area contributed by atoms with E-state index in [1.807, 2.05) is 0 Å². The summed E-state index contributed by atoms with van der Waals surface area (Å²) in [4.78, 5) is 12.0. The smallest absolute Gasteiger partial charge is 0.132 e. The van der Waals surface area contributed by atoms with Crippen molar-refractivity contribution < 1.29 is 4.79 Å². The van der Waals surface area contributed by atoms with Gasteiger partial charge < -0.3 is 0 Å². The number of ketones is 1. The number of rotatable bonds is 10. The summed E-state index contributed by atoms with van der Waals surface area (Å²) in [5.41, 5.74) is 15.3. The Balaban J connectivity index is 1.73. The maximum absolute atomic E-state index is 12.0. The number of carbonyl (C=O) groups is 1. The van der Waals surface area contributed by atoms with E-state index in [1.165, 1.54) is 22.3 Å². The summed E-state index contributed by atoms with van der Waals surface area (Å²) < 4.78 is 0. The third-order valence-corrected chi connectivity index (χ3v) is 5.66. The van der Waals surface area contributed by atoms with Crippen molar-refractivity contribution in [2.24, 2.45) is 0 Å². The van der Waals surface area contributed by atoms with Crippen molar-refractivity contribution in [2.75, 3.05) is 0 Å².